The van der Waals surface area contributed by atoms with Crippen LogP contribution in [-0.4, -0.2) is 55.6 Å². The number of para-hydroxylation sites is 1. The van der Waals surface area contributed by atoms with Gasteiger partial charge in [-0.15, -0.1) is 0 Å². The van der Waals surface area contributed by atoms with Crippen LogP contribution in [0.2, 0.25) is 0 Å². The lowest BCUT2D eigenvalue weighted by Gasteiger charge is -2.45. The number of rotatable bonds is 7. The molecule has 5 rings (SSSR count). The highest BCUT2D eigenvalue weighted by atomic mass is 19.1. The first-order valence-electron chi connectivity index (χ1n) is 13.4. The predicted molar refractivity (Wildman–Crippen MR) is 139 cm³/mol. The Hall–Kier alpha value is -2.60. The lowest BCUT2D eigenvalue weighted by molar-refractivity contribution is -0.130. The molecule has 2 heterocycles. The number of ketones is 1. The smallest absolute Gasteiger partial charge is 0.155 e. The Balaban J connectivity index is 1.34. The molecule has 1 aliphatic carbocycles. The van der Waals surface area contributed by atoms with Crippen molar-refractivity contribution in [2.75, 3.05) is 43.0 Å². The Labute approximate surface area is 208 Å². The third-order valence-corrected chi connectivity index (χ3v) is 8.03. The van der Waals surface area contributed by atoms with Crippen molar-refractivity contribution in [1.82, 2.24) is 4.90 Å². The standard InChI is InChI=1S/C29H38FN3O2/c1-2-35-27-20-23(30)13-15-26(27)32-16-18-33(19-17-32)28(29(34)22-9-4-3-5-10-22)25-14-12-21-8-6-7-11-24(21)31-25/h6-8,11,13,15,20,22,25,28,31H,2-5,9-10,12,14,16-19H2,1H3. The van der Waals surface area contributed by atoms with Crippen LogP contribution >= 0.6 is 0 Å². The maximum atomic E-state index is 14.0. The maximum Gasteiger partial charge on any atom is 0.155 e. The van der Waals surface area contributed by atoms with E-state index in [2.05, 4.69) is 39.4 Å². The second kappa shape index (κ2) is 11.0. The second-order valence-corrected chi connectivity index (χ2v) is 10.2. The summed E-state index contributed by atoms with van der Waals surface area (Å²) in [6.45, 7) is 5.64. The summed E-state index contributed by atoms with van der Waals surface area (Å²) in [7, 11) is 0. The zero-order chi connectivity index (χ0) is 24.2. The van der Waals surface area contributed by atoms with Crippen molar-refractivity contribution in [3.63, 3.8) is 0 Å². The number of Topliss-reactive ketones (excluding diaryl/α,β-unsaturated/α-hetero) is 1. The minimum Gasteiger partial charge on any atom is -0.492 e. The van der Waals surface area contributed by atoms with Crippen molar-refractivity contribution in [2.45, 2.75) is 64.0 Å². The first kappa shape index (κ1) is 24.1. The molecule has 2 aromatic rings. The van der Waals surface area contributed by atoms with Gasteiger partial charge in [0.2, 0.25) is 0 Å². The molecule has 0 spiro atoms. The number of carbonyl (C=O) groups is 1. The Bertz CT molecular complexity index is 1010. The van der Waals surface area contributed by atoms with Gasteiger partial charge in [-0.25, -0.2) is 4.39 Å². The molecule has 1 saturated carbocycles. The molecule has 1 N–H and O–H groups in total. The summed E-state index contributed by atoms with van der Waals surface area (Å²) in [5, 5.41) is 3.75. The van der Waals surface area contributed by atoms with Crippen LogP contribution < -0.4 is 15.0 Å². The average Bonchev–Trinajstić information content (AvgIpc) is 2.90. The van der Waals surface area contributed by atoms with E-state index >= 15 is 0 Å². The Kier molecular flexibility index (Phi) is 7.57. The van der Waals surface area contributed by atoms with Gasteiger partial charge in [0, 0.05) is 49.9 Å². The summed E-state index contributed by atoms with van der Waals surface area (Å²) in [4.78, 5) is 18.7. The largest absolute Gasteiger partial charge is 0.492 e. The van der Waals surface area contributed by atoms with E-state index in [1.807, 2.05) is 13.0 Å². The van der Waals surface area contributed by atoms with Crippen LogP contribution in [-0.2, 0) is 11.2 Å². The molecule has 2 aliphatic heterocycles. The van der Waals surface area contributed by atoms with Gasteiger partial charge in [-0.3, -0.25) is 9.69 Å². The summed E-state index contributed by atoms with van der Waals surface area (Å²) in [6, 6.07) is 13.3. The molecular formula is C29H38FN3O2. The summed E-state index contributed by atoms with van der Waals surface area (Å²) in [5.74, 6) is 0.943. The van der Waals surface area contributed by atoms with Crippen molar-refractivity contribution < 1.29 is 13.9 Å². The fraction of sp³-hybridized carbons (Fsp3) is 0.552. The molecule has 0 radical (unpaired) electrons. The van der Waals surface area contributed by atoms with Crippen LogP contribution in [0.15, 0.2) is 42.5 Å². The number of benzene rings is 2. The van der Waals surface area contributed by atoms with Crippen LogP contribution in [0.1, 0.15) is 51.0 Å². The number of fused-ring (bicyclic) bond motifs is 1. The Morgan fingerprint density at radius 3 is 2.60 bits per heavy atom. The first-order chi connectivity index (χ1) is 17.1. The molecule has 2 unspecified atom stereocenters. The summed E-state index contributed by atoms with van der Waals surface area (Å²) < 4.78 is 19.6. The van der Waals surface area contributed by atoms with E-state index in [4.69, 9.17) is 4.74 Å². The number of aryl methyl sites for hydroxylation is 1. The number of hydrogen-bond donors (Lipinski definition) is 1. The van der Waals surface area contributed by atoms with Gasteiger partial charge in [0.25, 0.3) is 0 Å². The number of nitrogens with one attached hydrogen (secondary N) is 1. The van der Waals surface area contributed by atoms with E-state index in [1.54, 1.807) is 0 Å². The number of anilines is 2. The SMILES string of the molecule is CCOc1cc(F)ccc1N1CCN(C(C(=O)C2CCCCC2)C2CCc3ccccc3N2)CC1. The molecule has 0 aromatic heterocycles. The van der Waals surface area contributed by atoms with Crippen LogP contribution in [0, 0.1) is 11.7 Å². The summed E-state index contributed by atoms with van der Waals surface area (Å²) in [6.07, 6.45) is 7.65. The fourth-order valence-electron chi connectivity index (χ4n) is 6.22. The van der Waals surface area contributed by atoms with Gasteiger partial charge in [0.1, 0.15) is 11.6 Å². The molecule has 2 fully saturated rings. The van der Waals surface area contributed by atoms with E-state index in [-0.39, 0.29) is 23.8 Å². The van der Waals surface area contributed by atoms with E-state index in [0.29, 0.717) is 18.1 Å². The second-order valence-electron chi connectivity index (χ2n) is 10.2. The third-order valence-electron chi connectivity index (χ3n) is 8.03. The fourth-order valence-corrected chi connectivity index (χ4v) is 6.22. The molecule has 1 saturated heterocycles. The van der Waals surface area contributed by atoms with Crippen LogP contribution in [0.25, 0.3) is 0 Å². The normalized spacial score (nSPS) is 22.2. The predicted octanol–water partition coefficient (Wildman–Crippen LogP) is 5.29. The Morgan fingerprint density at radius 2 is 1.83 bits per heavy atom. The van der Waals surface area contributed by atoms with E-state index in [1.165, 1.54) is 42.6 Å². The van der Waals surface area contributed by atoms with Gasteiger partial charge in [-0.05, 0) is 56.4 Å². The zero-order valence-electron chi connectivity index (χ0n) is 20.8. The third kappa shape index (κ3) is 5.32. The minimum atomic E-state index is -0.280. The van der Waals surface area contributed by atoms with Gasteiger partial charge in [0.05, 0.1) is 18.3 Å². The first-order valence-corrected chi connectivity index (χ1v) is 13.4. The molecule has 2 atom stereocenters. The maximum absolute atomic E-state index is 14.0. The average molecular weight is 480 g/mol. The topological polar surface area (TPSA) is 44.8 Å². The van der Waals surface area contributed by atoms with E-state index in [0.717, 1.165) is 57.5 Å². The van der Waals surface area contributed by atoms with Gasteiger partial charge < -0.3 is 15.0 Å². The molecule has 2 aromatic carbocycles. The molecule has 188 valence electrons. The number of halogens is 1. The molecule has 3 aliphatic rings. The van der Waals surface area contributed by atoms with Crippen LogP contribution in [0.5, 0.6) is 5.75 Å². The zero-order valence-corrected chi connectivity index (χ0v) is 20.8. The lowest BCUT2D eigenvalue weighted by Crippen LogP contribution is -2.60. The highest BCUT2D eigenvalue weighted by molar-refractivity contribution is 5.88. The summed E-state index contributed by atoms with van der Waals surface area (Å²) in [5.41, 5.74) is 3.46. The van der Waals surface area contributed by atoms with Gasteiger partial charge in [0.15, 0.2) is 5.78 Å². The van der Waals surface area contributed by atoms with Crippen molar-refractivity contribution in [3.8, 4) is 5.75 Å². The number of ether oxygens (including phenoxy) is 1. The lowest BCUT2D eigenvalue weighted by atomic mass is 9.80. The molecule has 35 heavy (non-hydrogen) atoms. The van der Waals surface area contributed by atoms with Gasteiger partial charge in [-0.2, -0.15) is 0 Å². The monoisotopic (exact) mass is 479 g/mol. The van der Waals surface area contributed by atoms with Crippen LogP contribution in [0.4, 0.5) is 15.8 Å². The minimum absolute atomic E-state index is 0.104. The van der Waals surface area contributed by atoms with Crippen molar-refractivity contribution in [1.29, 1.82) is 0 Å². The van der Waals surface area contributed by atoms with Gasteiger partial charge in [-0.1, -0.05) is 37.5 Å². The number of carbonyl (C=O) groups excluding carboxylic acids is 1. The number of hydrogen-bond acceptors (Lipinski definition) is 5. The van der Waals surface area contributed by atoms with Crippen molar-refractivity contribution >= 4 is 17.2 Å². The number of nitrogens with zero attached hydrogens (tertiary/aromatic N) is 2. The quantitative estimate of drug-likeness (QED) is 0.585. The number of piperazine rings is 1. The summed E-state index contributed by atoms with van der Waals surface area (Å²) >= 11 is 0. The molecular weight excluding hydrogens is 441 g/mol. The molecule has 5 nitrogen and oxygen atoms in total. The van der Waals surface area contributed by atoms with E-state index in [9.17, 15) is 9.18 Å². The Morgan fingerprint density at radius 1 is 1.06 bits per heavy atom. The highest BCUT2D eigenvalue weighted by Crippen LogP contribution is 2.34. The van der Waals surface area contributed by atoms with Crippen molar-refractivity contribution in [3.05, 3.63) is 53.8 Å². The highest BCUT2D eigenvalue weighted by Gasteiger charge is 2.40. The van der Waals surface area contributed by atoms with E-state index < -0.39 is 0 Å². The van der Waals surface area contributed by atoms with Crippen LogP contribution in [0.3, 0.4) is 0 Å². The van der Waals surface area contributed by atoms with Crippen molar-refractivity contribution in [2.24, 2.45) is 5.92 Å². The molecule has 0 amide bonds. The molecule has 6 heteroatoms. The van der Waals surface area contributed by atoms with Gasteiger partial charge >= 0.3 is 0 Å². The molecule has 0 bridgehead atoms.